The molecule has 1 atom stereocenters. The van der Waals surface area contributed by atoms with Gasteiger partial charge in [0.05, 0.1) is 12.3 Å². The van der Waals surface area contributed by atoms with Gasteiger partial charge >= 0.3 is 5.97 Å². The number of halogens is 2. The van der Waals surface area contributed by atoms with Gasteiger partial charge < -0.3 is 5.11 Å². The van der Waals surface area contributed by atoms with Crippen LogP contribution in [-0.4, -0.2) is 52.5 Å². The number of nitrogens with zero attached hydrogens (tertiary/aromatic N) is 1. The number of piperidine rings is 1. The third-order valence-electron chi connectivity index (χ3n) is 2.82. The molecule has 1 N–H and O–H groups in total. The topological polar surface area (TPSA) is 40.5 Å². The molecule has 1 heterocycles. The van der Waals surface area contributed by atoms with Gasteiger partial charge in [0.2, 0.25) is 0 Å². The van der Waals surface area contributed by atoms with Crippen LogP contribution in [0.15, 0.2) is 0 Å². The molecule has 0 spiro atoms. The van der Waals surface area contributed by atoms with Crippen molar-refractivity contribution in [2.45, 2.75) is 32.2 Å². The molecule has 1 unspecified atom stereocenters. The van der Waals surface area contributed by atoms with Crippen LogP contribution in [0.2, 0.25) is 0 Å². The Bertz CT molecular complexity index is 274. The summed E-state index contributed by atoms with van der Waals surface area (Å²) in [4.78, 5) is 12.1. The number of hydrogen-bond donors (Lipinski definition) is 1. The highest BCUT2D eigenvalue weighted by Crippen LogP contribution is 2.32. The average molecular weight is 267 g/mol. The second kappa shape index (κ2) is 6.00. The average Bonchev–Trinajstić information content (AvgIpc) is 2.14. The van der Waals surface area contributed by atoms with Gasteiger partial charge in [-0.05, 0) is 25.5 Å². The first-order valence-corrected chi connectivity index (χ1v) is 6.87. The minimum absolute atomic E-state index is 0.0102. The van der Waals surface area contributed by atoms with E-state index in [1.165, 1.54) is 11.8 Å². The zero-order valence-electron chi connectivity index (χ0n) is 10.2. The molecule has 17 heavy (non-hydrogen) atoms. The first-order valence-electron chi connectivity index (χ1n) is 5.71. The molecule has 0 amide bonds. The lowest BCUT2D eigenvalue weighted by atomic mass is 9.96. The Morgan fingerprint density at radius 2 is 2.24 bits per heavy atom. The molecule has 0 saturated carbocycles. The summed E-state index contributed by atoms with van der Waals surface area (Å²) < 4.78 is 27.0. The lowest BCUT2D eigenvalue weighted by Crippen LogP contribution is -2.50. The van der Waals surface area contributed by atoms with Crippen molar-refractivity contribution < 1.29 is 18.7 Å². The fourth-order valence-corrected chi connectivity index (χ4v) is 2.91. The second-order valence-corrected chi connectivity index (χ2v) is 5.89. The molecule has 1 aliphatic rings. The van der Waals surface area contributed by atoms with Crippen LogP contribution in [0.25, 0.3) is 0 Å². The molecule has 0 aromatic carbocycles. The van der Waals surface area contributed by atoms with Gasteiger partial charge in [0.25, 0.3) is 5.92 Å². The van der Waals surface area contributed by atoms with Crippen LogP contribution < -0.4 is 0 Å². The van der Waals surface area contributed by atoms with Gasteiger partial charge in [-0.3, -0.25) is 9.69 Å². The molecule has 1 saturated heterocycles. The van der Waals surface area contributed by atoms with Crippen molar-refractivity contribution in [1.29, 1.82) is 0 Å². The maximum absolute atomic E-state index is 13.5. The van der Waals surface area contributed by atoms with Crippen LogP contribution in [0, 0.1) is 5.92 Å². The normalized spacial score (nSPS) is 25.1. The zero-order chi connectivity index (χ0) is 13.1. The van der Waals surface area contributed by atoms with Crippen molar-refractivity contribution in [2.24, 2.45) is 5.92 Å². The van der Waals surface area contributed by atoms with E-state index in [1.54, 1.807) is 4.90 Å². The van der Waals surface area contributed by atoms with Crippen LogP contribution in [-0.2, 0) is 4.79 Å². The number of carboxylic acid groups (broad SMARTS) is 1. The second-order valence-electron chi connectivity index (χ2n) is 4.86. The molecular formula is C11H19F2NO2S. The molecule has 0 aromatic rings. The van der Waals surface area contributed by atoms with E-state index in [1.807, 2.05) is 13.8 Å². The highest BCUT2D eigenvalue weighted by molar-refractivity contribution is 7.99. The molecule has 100 valence electrons. The van der Waals surface area contributed by atoms with Crippen LogP contribution >= 0.6 is 11.8 Å². The minimum Gasteiger partial charge on any atom is -0.481 e. The van der Waals surface area contributed by atoms with Crippen LogP contribution in [0.1, 0.15) is 20.3 Å². The van der Waals surface area contributed by atoms with E-state index in [-0.39, 0.29) is 30.7 Å². The molecular weight excluding hydrogens is 248 g/mol. The zero-order valence-corrected chi connectivity index (χ0v) is 11.0. The predicted octanol–water partition coefficient (Wildman–Crippen LogP) is 2.17. The number of carboxylic acids is 1. The van der Waals surface area contributed by atoms with Gasteiger partial charge in [-0.15, -0.1) is 11.8 Å². The number of aliphatic carboxylic acids is 1. The quantitative estimate of drug-likeness (QED) is 0.829. The molecule has 1 fully saturated rings. The van der Waals surface area contributed by atoms with Crippen LogP contribution in [0.4, 0.5) is 8.78 Å². The molecule has 3 nitrogen and oxygen atoms in total. The highest BCUT2D eigenvalue weighted by atomic mass is 32.2. The molecule has 0 bridgehead atoms. The SMILES string of the molecule is CC(C)N1CC(CSCC(=O)O)CC(F)(F)C1. The van der Waals surface area contributed by atoms with E-state index in [9.17, 15) is 13.6 Å². The Balaban J connectivity index is 2.46. The predicted molar refractivity (Wildman–Crippen MR) is 64.7 cm³/mol. The largest absolute Gasteiger partial charge is 0.481 e. The van der Waals surface area contributed by atoms with E-state index < -0.39 is 11.9 Å². The highest BCUT2D eigenvalue weighted by Gasteiger charge is 2.40. The van der Waals surface area contributed by atoms with Crippen molar-refractivity contribution in [2.75, 3.05) is 24.6 Å². The number of rotatable bonds is 5. The van der Waals surface area contributed by atoms with Crippen molar-refractivity contribution in [1.82, 2.24) is 4.90 Å². The Morgan fingerprint density at radius 1 is 1.59 bits per heavy atom. The summed E-state index contributed by atoms with van der Waals surface area (Å²) in [5.41, 5.74) is 0. The van der Waals surface area contributed by atoms with Gasteiger partial charge in [-0.25, -0.2) is 8.78 Å². The van der Waals surface area contributed by atoms with Gasteiger partial charge in [-0.2, -0.15) is 0 Å². The Hall–Kier alpha value is -0.360. The molecule has 0 radical (unpaired) electrons. The molecule has 1 rings (SSSR count). The fourth-order valence-electron chi connectivity index (χ4n) is 2.06. The van der Waals surface area contributed by atoms with Gasteiger partial charge in [-0.1, -0.05) is 0 Å². The van der Waals surface area contributed by atoms with Crippen LogP contribution in [0.5, 0.6) is 0 Å². The first kappa shape index (κ1) is 14.7. The van der Waals surface area contributed by atoms with Crippen LogP contribution in [0.3, 0.4) is 0 Å². The molecule has 0 aliphatic carbocycles. The minimum atomic E-state index is -2.64. The lowest BCUT2D eigenvalue weighted by Gasteiger charge is -2.39. The third-order valence-corrected chi connectivity index (χ3v) is 3.98. The maximum atomic E-state index is 13.5. The Labute approximate surface area is 105 Å². The van der Waals surface area contributed by atoms with Gasteiger partial charge in [0.1, 0.15) is 0 Å². The summed E-state index contributed by atoms with van der Waals surface area (Å²) in [5.74, 6) is -3.17. The summed E-state index contributed by atoms with van der Waals surface area (Å²) in [7, 11) is 0. The number of thioether (sulfide) groups is 1. The smallest absolute Gasteiger partial charge is 0.313 e. The van der Waals surface area contributed by atoms with E-state index >= 15 is 0 Å². The number of alkyl halides is 2. The van der Waals surface area contributed by atoms with Crippen molar-refractivity contribution in [3.63, 3.8) is 0 Å². The number of carbonyl (C=O) groups is 1. The van der Waals surface area contributed by atoms with E-state index in [0.29, 0.717) is 12.3 Å². The maximum Gasteiger partial charge on any atom is 0.313 e. The van der Waals surface area contributed by atoms with E-state index in [4.69, 9.17) is 5.11 Å². The van der Waals surface area contributed by atoms with Gasteiger partial charge in [0, 0.05) is 19.0 Å². The summed E-state index contributed by atoms with van der Waals surface area (Å²) in [6.07, 6.45) is -0.122. The summed E-state index contributed by atoms with van der Waals surface area (Å²) in [6, 6.07) is 0.105. The number of hydrogen-bond acceptors (Lipinski definition) is 3. The fraction of sp³-hybridized carbons (Fsp3) is 0.909. The van der Waals surface area contributed by atoms with Crippen molar-refractivity contribution in [3.8, 4) is 0 Å². The Kier molecular flexibility index (Phi) is 5.19. The summed E-state index contributed by atoms with van der Waals surface area (Å²) in [5, 5.41) is 8.51. The lowest BCUT2D eigenvalue weighted by molar-refractivity contribution is -0.133. The van der Waals surface area contributed by atoms with E-state index in [0.717, 1.165) is 0 Å². The standard InChI is InChI=1S/C11H19F2NO2S/c1-8(2)14-4-9(3-11(12,13)7-14)5-17-6-10(15)16/h8-9H,3-7H2,1-2H3,(H,15,16). The summed E-state index contributed by atoms with van der Waals surface area (Å²) >= 11 is 1.22. The van der Waals surface area contributed by atoms with Crippen molar-refractivity contribution in [3.05, 3.63) is 0 Å². The first-order chi connectivity index (χ1) is 7.80. The Morgan fingerprint density at radius 3 is 2.76 bits per heavy atom. The number of likely N-dealkylation sites (tertiary alicyclic amines) is 1. The van der Waals surface area contributed by atoms with Crippen molar-refractivity contribution >= 4 is 17.7 Å². The van der Waals surface area contributed by atoms with E-state index in [2.05, 4.69) is 0 Å². The van der Waals surface area contributed by atoms with Gasteiger partial charge in [0.15, 0.2) is 0 Å². The molecule has 6 heteroatoms. The molecule has 1 aliphatic heterocycles. The molecule has 0 aromatic heterocycles. The summed E-state index contributed by atoms with van der Waals surface area (Å²) in [6.45, 7) is 4.27. The third kappa shape index (κ3) is 5.21. The monoisotopic (exact) mass is 267 g/mol.